The molecule has 1 aliphatic heterocycles. The van der Waals surface area contributed by atoms with E-state index in [-0.39, 0.29) is 11.9 Å². The zero-order chi connectivity index (χ0) is 21.7. The highest BCUT2D eigenvalue weighted by molar-refractivity contribution is 6.31. The van der Waals surface area contributed by atoms with Crippen LogP contribution in [0.25, 0.3) is 0 Å². The first kappa shape index (κ1) is 21.9. The van der Waals surface area contributed by atoms with Gasteiger partial charge in [-0.3, -0.25) is 9.69 Å². The normalized spacial score (nSPS) is 15.8. The van der Waals surface area contributed by atoms with Crippen LogP contribution in [0.5, 0.6) is 5.75 Å². The number of nitrogens with one attached hydrogen (secondary N) is 1. The Morgan fingerprint density at radius 1 is 1.20 bits per heavy atom. The Morgan fingerprint density at radius 3 is 2.60 bits per heavy atom. The van der Waals surface area contributed by atoms with Crippen LogP contribution in [0.4, 0.5) is 11.4 Å². The predicted octanol–water partition coefficient (Wildman–Crippen LogP) is 4.07. The lowest BCUT2D eigenvalue weighted by atomic mass is 10.2. The van der Waals surface area contributed by atoms with E-state index in [4.69, 9.17) is 21.6 Å². The number of carbonyl (C=O) groups is 1. The summed E-state index contributed by atoms with van der Waals surface area (Å²) in [5.74, 6) is 0.482. The average molecular weight is 427 g/mol. The van der Waals surface area contributed by atoms with Gasteiger partial charge in [0.2, 0.25) is 5.91 Å². The summed E-state index contributed by atoms with van der Waals surface area (Å²) in [7, 11) is 1.56. The molecule has 0 saturated carbocycles. The molecule has 1 N–H and O–H groups in total. The Labute approximate surface area is 183 Å². The Bertz CT molecular complexity index is 939. The fourth-order valence-electron chi connectivity index (χ4n) is 3.66. The number of aryl methyl sites for hydroxylation is 1. The number of hydrogen-bond donors (Lipinski definition) is 1. The molecule has 0 aromatic heterocycles. The number of amides is 1. The number of halogens is 1. The van der Waals surface area contributed by atoms with Crippen molar-refractivity contribution in [3.8, 4) is 11.8 Å². The molecule has 7 heteroatoms. The van der Waals surface area contributed by atoms with E-state index in [1.54, 1.807) is 13.2 Å². The standard InChI is InChI=1S/C23H27ClN4O2/c1-16-13-21(22(30-3)14-20(16)24)26-23(29)17(2)27-9-4-10-28(12-11-27)19-7-5-18(15-25)6-8-19/h5-8,13-14,17H,4,9-12H2,1-3H3,(H,26,29). The minimum absolute atomic E-state index is 0.0677. The third kappa shape index (κ3) is 5.05. The van der Waals surface area contributed by atoms with E-state index in [9.17, 15) is 4.79 Å². The third-order valence-corrected chi connectivity index (χ3v) is 5.97. The molecule has 1 fully saturated rings. The maximum atomic E-state index is 12.9. The average Bonchev–Trinajstić information content (AvgIpc) is 3.02. The van der Waals surface area contributed by atoms with Gasteiger partial charge in [0.1, 0.15) is 5.75 Å². The summed E-state index contributed by atoms with van der Waals surface area (Å²) in [4.78, 5) is 17.4. The van der Waals surface area contributed by atoms with E-state index >= 15 is 0 Å². The number of ether oxygens (including phenoxy) is 1. The minimum Gasteiger partial charge on any atom is -0.495 e. The Hall–Kier alpha value is -2.75. The van der Waals surface area contributed by atoms with Crippen molar-refractivity contribution in [2.75, 3.05) is 43.5 Å². The second-order valence-corrected chi connectivity index (χ2v) is 7.91. The summed E-state index contributed by atoms with van der Waals surface area (Å²) < 4.78 is 5.37. The molecule has 0 spiro atoms. The SMILES string of the molecule is COc1cc(Cl)c(C)cc1NC(=O)C(C)N1CCCN(c2ccc(C#N)cc2)CC1. The molecule has 6 nitrogen and oxygen atoms in total. The van der Waals surface area contributed by atoms with Crippen LogP contribution in [-0.2, 0) is 4.79 Å². The highest BCUT2D eigenvalue weighted by Gasteiger charge is 2.25. The molecule has 3 rings (SSSR count). The van der Waals surface area contributed by atoms with Gasteiger partial charge in [-0.2, -0.15) is 5.26 Å². The summed E-state index contributed by atoms with van der Waals surface area (Å²) in [6.45, 7) is 7.20. The fraction of sp³-hybridized carbons (Fsp3) is 0.391. The molecule has 2 aromatic carbocycles. The third-order valence-electron chi connectivity index (χ3n) is 5.56. The monoisotopic (exact) mass is 426 g/mol. The molecule has 1 atom stereocenters. The molecule has 0 radical (unpaired) electrons. The van der Waals surface area contributed by atoms with Crippen LogP contribution < -0.4 is 15.0 Å². The van der Waals surface area contributed by atoms with Crippen LogP contribution >= 0.6 is 11.6 Å². The lowest BCUT2D eigenvalue weighted by molar-refractivity contribution is -0.120. The molecule has 0 aliphatic carbocycles. The van der Waals surface area contributed by atoms with Crippen molar-refractivity contribution in [3.05, 3.63) is 52.5 Å². The maximum Gasteiger partial charge on any atom is 0.241 e. The van der Waals surface area contributed by atoms with E-state index < -0.39 is 0 Å². The Balaban J connectivity index is 1.64. The van der Waals surface area contributed by atoms with E-state index in [2.05, 4.69) is 21.2 Å². The number of rotatable bonds is 5. The van der Waals surface area contributed by atoms with Crippen LogP contribution in [-0.4, -0.2) is 50.1 Å². The van der Waals surface area contributed by atoms with Crippen molar-refractivity contribution in [2.24, 2.45) is 0 Å². The van der Waals surface area contributed by atoms with E-state index in [1.807, 2.05) is 44.2 Å². The van der Waals surface area contributed by atoms with Gasteiger partial charge in [-0.1, -0.05) is 11.6 Å². The van der Waals surface area contributed by atoms with E-state index in [0.29, 0.717) is 22.0 Å². The summed E-state index contributed by atoms with van der Waals surface area (Å²) in [6.07, 6.45) is 0.959. The molecule has 1 amide bonds. The molecule has 1 aliphatic rings. The highest BCUT2D eigenvalue weighted by Crippen LogP contribution is 2.31. The first-order valence-electron chi connectivity index (χ1n) is 10.1. The fourth-order valence-corrected chi connectivity index (χ4v) is 3.82. The lowest BCUT2D eigenvalue weighted by Gasteiger charge is -2.27. The Kier molecular flexibility index (Phi) is 7.20. The van der Waals surface area contributed by atoms with Gasteiger partial charge in [-0.15, -0.1) is 0 Å². The summed E-state index contributed by atoms with van der Waals surface area (Å²) in [5.41, 5.74) is 3.28. The van der Waals surface area contributed by atoms with Gasteiger partial charge in [0.05, 0.1) is 30.5 Å². The van der Waals surface area contributed by atoms with Crippen LogP contribution in [0.15, 0.2) is 36.4 Å². The van der Waals surface area contributed by atoms with Gasteiger partial charge >= 0.3 is 0 Å². The van der Waals surface area contributed by atoms with Crippen LogP contribution in [0.2, 0.25) is 5.02 Å². The van der Waals surface area contributed by atoms with Gasteiger partial charge in [0.15, 0.2) is 0 Å². The van der Waals surface area contributed by atoms with Crippen molar-refractivity contribution < 1.29 is 9.53 Å². The van der Waals surface area contributed by atoms with Crippen molar-refractivity contribution in [1.82, 2.24) is 4.90 Å². The van der Waals surface area contributed by atoms with Gasteiger partial charge in [0, 0.05) is 43.0 Å². The summed E-state index contributed by atoms with van der Waals surface area (Å²) in [6, 6.07) is 13.1. The van der Waals surface area contributed by atoms with Crippen molar-refractivity contribution in [1.29, 1.82) is 5.26 Å². The van der Waals surface area contributed by atoms with Crippen molar-refractivity contribution in [3.63, 3.8) is 0 Å². The van der Waals surface area contributed by atoms with Crippen molar-refractivity contribution >= 4 is 28.9 Å². The summed E-state index contributed by atoms with van der Waals surface area (Å²) >= 11 is 6.16. The van der Waals surface area contributed by atoms with E-state index in [1.165, 1.54) is 0 Å². The van der Waals surface area contributed by atoms with Crippen molar-refractivity contribution in [2.45, 2.75) is 26.3 Å². The van der Waals surface area contributed by atoms with Gasteiger partial charge < -0.3 is 15.0 Å². The first-order valence-corrected chi connectivity index (χ1v) is 10.4. The van der Waals surface area contributed by atoms with Crippen LogP contribution in [0.3, 0.4) is 0 Å². The van der Waals surface area contributed by atoms with Gasteiger partial charge in [-0.05, 0) is 56.2 Å². The molecule has 1 heterocycles. The highest BCUT2D eigenvalue weighted by atomic mass is 35.5. The smallest absolute Gasteiger partial charge is 0.241 e. The molecular formula is C23H27ClN4O2. The topological polar surface area (TPSA) is 68.6 Å². The second kappa shape index (κ2) is 9.84. The van der Waals surface area contributed by atoms with E-state index in [0.717, 1.165) is 43.9 Å². The maximum absolute atomic E-state index is 12.9. The van der Waals surface area contributed by atoms with Crippen LogP contribution in [0, 0.1) is 18.3 Å². The predicted molar refractivity (Wildman–Crippen MR) is 120 cm³/mol. The molecule has 1 saturated heterocycles. The molecular weight excluding hydrogens is 400 g/mol. The number of nitrogens with zero attached hydrogens (tertiary/aromatic N) is 3. The number of anilines is 2. The number of methoxy groups -OCH3 is 1. The molecule has 1 unspecified atom stereocenters. The van der Waals surface area contributed by atoms with Gasteiger partial charge in [0.25, 0.3) is 0 Å². The lowest BCUT2D eigenvalue weighted by Crippen LogP contribution is -2.44. The summed E-state index contributed by atoms with van der Waals surface area (Å²) in [5, 5.41) is 12.6. The number of benzene rings is 2. The molecule has 30 heavy (non-hydrogen) atoms. The van der Waals surface area contributed by atoms with Gasteiger partial charge in [-0.25, -0.2) is 0 Å². The largest absolute Gasteiger partial charge is 0.495 e. The number of hydrogen-bond acceptors (Lipinski definition) is 5. The zero-order valence-electron chi connectivity index (χ0n) is 17.6. The molecule has 158 valence electrons. The second-order valence-electron chi connectivity index (χ2n) is 7.50. The minimum atomic E-state index is -0.272. The number of nitriles is 1. The van der Waals surface area contributed by atoms with Crippen LogP contribution in [0.1, 0.15) is 24.5 Å². The quantitative estimate of drug-likeness (QED) is 0.780. The number of carbonyl (C=O) groups excluding carboxylic acids is 1. The Morgan fingerprint density at radius 2 is 1.93 bits per heavy atom. The first-order chi connectivity index (χ1) is 14.4. The molecule has 2 aromatic rings. The zero-order valence-corrected chi connectivity index (χ0v) is 18.4. The molecule has 0 bridgehead atoms.